The second-order valence-corrected chi connectivity index (χ2v) is 4.76. The summed E-state index contributed by atoms with van der Waals surface area (Å²) in [5.41, 5.74) is 1.63. The molecule has 1 aromatic rings. The first-order valence-corrected chi connectivity index (χ1v) is 5.52. The van der Waals surface area contributed by atoms with Gasteiger partial charge in [-0.25, -0.2) is 0 Å². The van der Waals surface area contributed by atoms with E-state index in [2.05, 4.69) is 31.3 Å². The van der Waals surface area contributed by atoms with E-state index in [-0.39, 0.29) is 17.9 Å². The zero-order valence-corrected chi connectivity index (χ0v) is 10.9. The molecule has 1 aromatic carbocycles. The van der Waals surface area contributed by atoms with Crippen LogP contribution in [0, 0.1) is 0 Å². The molecule has 0 aliphatic carbocycles. The van der Waals surface area contributed by atoms with Gasteiger partial charge < -0.3 is 10.1 Å². The molecule has 0 amide bonds. The largest absolute Gasteiger partial charge is 0.497 e. The SMILES string of the molecule is COc1ccc(C2CCNC2(C)C)cc1.Cl. The van der Waals surface area contributed by atoms with Crippen molar-refractivity contribution in [1.29, 1.82) is 0 Å². The van der Waals surface area contributed by atoms with E-state index < -0.39 is 0 Å². The fourth-order valence-corrected chi connectivity index (χ4v) is 2.44. The van der Waals surface area contributed by atoms with E-state index in [1.165, 1.54) is 12.0 Å². The Morgan fingerprint density at radius 2 is 1.88 bits per heavy atom. The van der Waals surface area contributed by atoms with Crippen LogP contribution < -0.4 is 10.1 Å². The highest BCUT2D eigenvalue weighted by Crippen LogP contribution is 2.35. The number of ether oxygens (including phenoxy) is 1. The summed E-state index contributed by atoms with van der Waals surface area (Å²) in [6, 6.07) is 8.45. The minimum atomic E-state index is 0. The summed E-state index contributed by atoms with van der Waals surface area (Å²) in [5.74, 6) is 1.55. The van der Waals surface area contributed by atoms with Crippen LogP contribution in [0.3, 0.4) is 0 Å². The number of hydrogen-bond donors (Lipinski definition) is 1. The molecule has 16 heavy (non-hydrogen) atoms. The normalized spacial score (nSPS) is 22.6. The van der Waals surface area contributed by atoms with E-state index in [1.807, 2.05) is 12.1 Å². The molecule has 1 fully saturated rings. The van der Waals surface area contributed by atoms with E-state index in [1.54, 1.807) is 7.11 Å². The van der Waals surface area contributed by atoms with Crippen molar-refractivity contribution in [2.45, 2.75) is 31.7 Å². The fourth-order valence-electron chi connectivity index (χ4n) is 2.44. The monoisotopic (exact) mass is 241 g/mol. The third-order valence-corrected chi connectivity index (χ3v) is 3.40. The first-order chi connectivity index (χ1) is 7.13. The summed E-state index contributed by atoms with van der Waals surface area (Å²) in [7, 11) is 1.70. The Labute approximate surface area is 104 Å². The zero-order chi connectivity index (χ0) is 10.9. The first kappa shape index (κ1) is 13.3. The van der Waals surface area contributed by atoms with E-state index in [0.29, 0.717) is 5.92 Å². The fraction of sp³-hybridized carbons (Fsp3) is 0.538. The van der Waals surface area contributed by atoms with Gasteiger partial charge in [-0.15, -0.1) is 12.4 Å². The van der Waals surface area contributed by atoms with Crippen LogP contribution in [0.5, 0.6) is 5.75 Å². The summed E-state index contributed by atoms with van der Waals surface area (Å²) in [6.45, 7) is 5.66. The minimum absolute atomic E-state index is 0. The lowest BCUT2D eigenvalue weighted by Crippen LogP contribution is -2.36. The molecule has 2 rings (SSSR count). The van der Waals surface area contributed by atoms with Crippen LogP contribution in [0.1, 0.15) is 31.7 Å². The van der Waals surface area contributed by atoms with Crippen LogP contribution in [0.2, 0.25) is 0 Å². The maximum Gasteiger partial charge on any atom is 0.118 e. The van der Waals surface area contributed by atoms with Gasteiger partial charge in [0.25, 0.3) is 0 Å². The number of methoxy groups -OCH3 is 1. The molecule has 3 heteroatoms. The molecule has 1 N–H and O–H groups in total. The van der Waals surface area contributed by atoms with Crippen LogP contribution in [0.15, 0.2) is 24.3 Å². The predicted octanol–water partition coefficient (Wildman–Crippen LogP) is 2.97. The van der Waals surface area contributed by atoms with Gasteiger partial charge in [0.05, 0.1) is 7.11 Å². The molecule has 1 atom stereocenters. The van der Waals surface area contributed by atoms with Crippen LogP contribution in [0.4, 0.5) is 0 Å². The molecule has 1 unspecified atom stereocenters. The number of rotatable bonds is 2. The lowest BCUT2D eigenvalue weighted by molar-refractivity contribution is 0.406. The molecule has 0 bridgehead atoms. The van der Waals surface area contributed by atoms with Gasteiger partial charge in [0, 0.05) is 11.5 Å². The van der Waals surface area contributed by atoms with Gasteiger partial charge in [-0.2, -0.15) is 0 Å². The standard InChI is InChI=1S/C13H19NO.ClH/c1-13(2)12(8-9-14-13)10-4-6-11(15-3)7-5-10;/h4-7,12,14H,8-9H2,1-3H3;1H. The van der Waals surface area contributed by atoms with Gasteiger partial charge in [-0.3, -0.25) is 0 Å². The second-order valence-electron chi connectivity index (χ2n) is 4.76. The van der Waals surface area contributed by atoms with E-state index in [0.717, 1.165) is 12.3 Å². The van der Waals surface area contributed by atoms with Crippen molar-refractivity contribution in [1.82, 2.24) is 5.32 Å². The number of nitrogens with one attached hydrogen (secondary N) is 1. The molecule has 0 spiro atoms. The van der Waals surface area contributed by atoms with E-state index in [9.17, 15) is 0 Å². The Hall–Kier alpha value is -0.730. The van der Waals surface area contributed by atoms with Gasteiger partial charge in [-0.1, -0.05) is 12.1 Å². The van der Waals surface area contributed by atoms with Crippen LogP contribution in [-0.4, -0.2) is 19.2 Å². The van der Waals surface area contributed by atoms with Crippen LogP contribution in [0.25, 0.3) is 0 Å². The number of hydrogen-bond acceptors (Lipinski definition) is 2. The zero-order valence-electron chi connectivity index (χ0n) is 10.1. The Bertz CT molecular complexity index is 334. The van der Waals surface area contributed by atoms with Crippen molar-refractivity contribution in [2.75, 3.05) is 13.7 Å². The molecule has 1 aliphatic heterocycles. The smallest absolute Gasteiger partial charge is 0.118 e. The molecule has 2 nitrogen and oxygen atoms in total. The summed E-state index contributed by atoms with van der Waals surface area (Å²) < 4.78 is 5.17. The molecule has 1 saturated heterocycles. The Balaban J connectivity index is 0.00000128. The highest BCUT2D eigenvalue weighted by Gasteiger charge is 2.34. The summed E-state index contributed by atoms with van der Waals surface area (Å²) in [4.78, 5) is 0. The lowest BCUT2D eigenvalue weighted by Gasteiger charge is -2.27. The quantitative estimate of drug-likeness (QED) is 0.860. The van der Waals surface area contributed by atoms with Crippen molar-refractivity contribution in [3.63, 3.8) is 0 Å². The number of halogens is 1. The van der Waals surface area contributed by atoms with E-state index >= 15 is 0 Å². The maximum atomic E-state index is 5.17. The average molecular weight is 242 g/mol. The summed E-state index contributed by atoms with van der Waals surface area (Å²) in [5, 5.41) is 3.54. The van der Waals surface area contributed by atoms with Crippen LogP contribution >= 0.6 is 12.4 Å². The molecule has 0 radical (unpaired) electrons. The molecule has 0 aromatic heterocycles. The Morgan fingerprint density at radius 3 is 2.31 bits per heavy atom. The molecule has 90 valence electrons. The predicted molar refractivity (Wildman–Crippen MR) is 69.7 cm³/mol. The van der Waals surface area contributed by atoms with Crippen molar-refractivity contribution in [2.24, 2.45) is 0 Å². The lowest BCUT2D eigenvalue weighted by atomic mass is 9.83. The van der Waals surface area contributed by atoms with Crippen molar-refractivity contribution >= 4 is 12.4 Å². The third-order valence-electron chi connectivity index (χ3n) is 3.40. The van der Waals surface area contributed by atoms with Crippen molar-refractivity contribution in [3.05, 3.63) is 29.8 Å². The van der Waals surface area contributed by atoms with Gasteiger partial charge in [0.1, 0.15) is 5.75 Å². The van der Waals surface area contributed by atoms with E-state index in [4.69, 9.17) is 4.74 Å². The highest BCUT2D eigenvalue weighted by molar-refractivity contribution is 5.85. The molecular weight excluding hydrogens is 222 g/mol. The average Bonchev–Trinajstić information content (AvgIpc) is 2.58. The Kier molecular flexibility index (Phi) is 4.22. The highest BCUT2D eigenvalue weighted by atomic mass is 35.5. The first-order valence-electron chi connectivity index (χ1n) is 5.52. The van der Waals surface area contributed by atoms with Gasteiger partial charge in [-0.05, 0) is 44.5 Å². The second kappa shape index (κ2) is 5.07. The minimum Gasteiger partial charge on any atom is -0.497 e. The summed E-state index contributed by atoms with van der Waals surface area (Å²) in [6.07, 6.45) is 1.22. The Morgan fingerprint density at radius 1 is 1.25 bits per heavy atom. The van der Waals surface area contributed by atoms with Crippen molar-refractivity contribution < 1.29 is 4.74 Å². The van der Waals surface area contributed by atoms with Crippen molar-refractivity contribution in [3.8, 4) is 5.75 Å². The van der Waals surface area contributed by atoms with Crippen LogP contribution in [-0.2, 0) is 0 Å². The maximum absolute atomic E-state index is 5.17. The summed E-state index contributed by atoms with van der Waals surface area (Å²) >= 11 is 0. The number of benzene rings is 1. The van der Waals surface area contributed by atoms with Gasteiger partial charge in [0.2, 0.25) is 0 Å². The molecule has 1 aliphatic rings. The molecular formula is C13H20ClNO. The van der Waals surface area contributed by atoms with Gasteiger partial charge >= 0.3 is 0 Å². The molecule has 1 heterocycles. The third kappa shape index (κ3) is 2.50. The molecule has 0 saturated carbocycles. The van der Waals surface area contributed by atoms with Gasteiger partial charge in [0.15, 0.2) is 0 Å². The topological polar surface area (TPSA) is 21.3 Å².